The lowest BCUT2D eigenvalue weighted by Crippen LogP contribution is -2.44. The molecule has 0 saturated carbocycles. The SMILES string of the molecule is C[C@@H]1COCCN1c1cc(-c2ccc(-n3cc[nH]c3=O)cc2)c(C=N)c(Nc2ccn[nH]2)n1. The van der Waals surface area contributed by atoms with Crippen molar-refractivity contribution in [3.8, 4) is 16.8 Å². The van der Waals surface area contributed by atoms with E-state index in [9.17, 15) is 4.79 Å². The number of imidazole rings is 1. The number of nitrogens with zero attached hydrogens (tertiary/aromatic N) is 4. The Bertz CT molecular complexity index is 1310. The van der Waals surface area contributed by atoms with E-state index in [1.54, 1.807) is 23.2 Å². The van der Waals surface area contributed by atoms with Gasteiger partial charge in [-0.25, -0.2) is 9.78 Å². The van der Waals surface area contributed by atoms with Crippen LogP contribution >= 0.6 is 0 Å². The minimum absolute atomic E-state index is 0.174. The zero-order valence-corrected chi connectivity index (χ0v) is 18.1. The molecule has 4 aromatic rings. The highest BCUT2D eigenvalue weighted by molar-refractivity contribution is 5.96. The van der Waals surface area contributed by atoms with Crippen molar-refractivity contribution in [3.63, 3.8) is 0 Å². The Morgan fingerprint density at radius 3 is 2.79 bits per heavy atom. The molecule has 0 aliphatic carbocycles. The second-order valence-electron chi connectivity index (χ2n) is 7.83. The van der Waals surface area contributed by atoms with E-state index in [1.165, 1.54) is 6.21 Å². The fourth-order valence-electron chi connectivity index (χ4n) is 4.01. The van der Waals surface area contributed by atoms with Crippen LogP contribution in [0, 0.1) is 5.41 Å². The zero-order chi connectivity index (χ0) is 22.8. The number of anilines is 3. The minimum Gasteiger partial charge on any atom is -0.377 e. The predicted molar refractivity (Wildman–Crippen MR) is 127 cm³/mol. The molecule has 0 spiro atoms. The van der Waals surface area contributed by atoms with Crippen molar-refractivity contribution in [1.29, 1.82) is 5.41 Å². The number of H-pyrrole nitrogens is 2. The average Bonchev–Trinajstić information content (AvgIpc) is 3.51. The van der Waals surface area contributed by atoms with Gasteiger partial charge in [-0.2, -0.15) is 5.10 Å². The molecule has 1 aliphatic heterocycles. The van der Waals surface area contributed by atoms with Crippen LogP contribution in [0.15, 0.2) is 59.8 Å². The average molecular weight is 444 g/mol. The summed E-state index contributed by atoms with van der Waals surface area (Å²) in [7, 11) is 0. The molecule has 1 aromatic carbocycles. The highest BCUT2D eigenvalue weighted by Gasteiger charge is 2.23. The van der Waals surface area contributed by atoms with Crippen LogP contribution < -0.4 is 15.9 Å². The number of hydrogen-bond donors (Lipinski definition) is 4. The summed E-state index contributed by atoms with van der Waals surface area (Å²) in [5, 5.41) is 18.3. The minimum atomic E-state index is -0.193. The van der Waals surface area contributed by atoms with E-state index in [4.69, 9.17) is 15.1 Å². The van der Waals surface area contributed by atoms with Crippen LogP contribution in [0.1, 0.15) is 12.5 Å². The van der Waals surface area contributed by atoms with Gasteiger partial charge in [0.1, 0.15) is 17.5 Å². The number of nitrogens with one attached hydrogen (secondary N) is 4. The van der Waals surface area contributed by atoms with Gasteiger partial charge in [-0.3, -0.25) is 9.67 Å². The van der Waals surface area contributed by atoms with Crippen LogP contribution in [0.2, 0.25) is 0 Å². The summed E-state index contributed by atoms with van der Waals surface area (Å²) in [5.41, 5.74) is 3.00. The van der Waals surface area contributed by atoms with Crippen LogP contribution in [0.5, 0.6) is 0 Å². The molecule has 0 bridgehead atoms. The van der Waals surface area contributed by atoms with E-state index in [1.807, 2.05) is 36.4 Å². The van der Waals surface area contributed by atoms with Gasteiger partial charge in [0.2, 0.25) is 0 Å². The van der Waals surface area contributed by atoms with Gasteiger partial charge in [0, 0.05) is 36.8 Å². The number of aromatic nitrogens is 5. The first kappa shape index (κ1) is 20.7. The molecule has 0 amide bonds. The van der Waals surface area contributed by atoms with Crippen molar-refractivity contribution < 1.29 is 4.74 Å². The first-order valence-corrected chi connectivity index (χ1v) is 10.7. The molecule has 5 rings (SSSR count). The fraction of sp³-hybridized carbons (Fsp3) is 0.217. The summed E-state index contributed by atoms with van der Waals surface area (Å²) in [6.07, 6.45) is 6.26. The molecular formula is C23H24N8O2. The Morgan fingerprint density at radius 2 is 2.12 bits per heavy atom. The monoisotopic (exact) mass is 444 g/mol. The summed E-state index contributed by atoms with van der Waals surface area (Å²) in [5.74, 6) is 2.05. The number of rotatable bonds is 6. The van der Waals surface area contributed by atoms with Crippen molar-refractivity contribution in [2.24, 2.45) is 0 Å². The van der Waals surface area contributed by atoms with Crippen molar-refractivity contribution in [3.05, 3.63) is 71.0 Å². The van der Waals surface area contributed by atoms with Crippen LogP contribution in [-0.2, 0) is 4.74 Å². The molecule has 1 aliphatic rings. The molecule has 1 fully saturated rings. The number of pyridine rings is 1. The molecule has 168 valence electrons. The Hall–Kier alpha value is -4.18. The zero-order valence-electron chi connectivity index (χ0n) is 18.1. The Morgan fingerprint density at radius 1 is 1.27 bits per heavy atom. The normalized spacial score (nSPS) is 16.0. The molecule has 3 aromatic heterocycles. The van der Waals surface area contributed by atoms with E-state index in [0.717, 1.165) is 29.2 Å². The van der Waals surface area contributed by atoms with Gasteiger partial charge >= 0.3 is 5.69 Å². The molecule has 4 heterocycles. The Balaban J connectivity index is 1.61. The predicted octanol–water partition coefficient (Wildman–Crippen LogP) is 2.92. The fourth-order valence-corrected chi connectivity index (χ4v) is 4.01. The van der Waals surface area contributed by atoms with E-state index in [0.29, 0.717) is 30.4 Å². The second kappa shape index (κ2) is 8.75. The maximum absolute atomic E-state index is 12.0. The Labute approximate surface area is 189 Å². The first-order valence-electron chi connectivity index (χ1n) is 10.7. The van der Waals surface area contributed by atoms with Crippen LogP contribution in [0.4, 0.5) is 17.5 Å². The van der Waals surface area contributed by atoms with Gasteiger partial charge in [-0.05, 0) is 36.2 Å². The molecule has 33 heavy (non-hydrogen) atoms. The lowest BCUT2D eigenvalue weighted by atomic mass is 10.00. The molecule has 1 atom stereocenters. The molecule has 0 radical (unpaired) electrons. The maximum Gasteiger partial charge on any atom is 0.330 e. The van der Waals surface area contributed by atoms with Gasteiger partial charge in [-0.1, -0.05) is 12.1 Å². The molecule has 10 nitrogen and oxygen atoms in total. The van der Waals surface area contributed by atoms with Crippen molar-refractivity contribution >= 4 is 23.7 Å². The van der Waals surface area contributed by atoms with Crippen molar-refractivity contribution in [2.75, 3.05) is 30.0 Å². The largest absolute Gasteiger partial charge is 0.377 e. The third-order valence-corrected chi connectivity index (χ3v) is 5.71. The molecular weight excluding hydrogens is 420 g/mol. The van der Waals surface area contributed by atoms with E-state index < -0.39 is 0 Å². The van der Waals surface area contributed by atoms with E-state index >= 15 is 0 Å². The summed E-state index contributed by atoms with van der Waals surface area (Å²) in [6.45, 7) is 4.11. The van der Waals surface area contributed by atoms with Crippen LogP contribution in [-0.4, -0.2) is 56.7 Å². The molecule has 10 heteroatoms. The summed E-state index contributed by atoms with van der Waals surface area (Å²) >= 11 is 0. The molecule has 1 saturated heterocycles. The Kier molecular flexibility index (Phi) is 5.49. The van der Waals surface area contributed by atoms with E-state index in [2.05, 4.69) is 32.3 Å². The highest BCUT2D eigenvalue weighted by Crippen LogP contribution is 2.33. The van der Waals surface area contributed by atoms with E-state index in [-0.39, 0.29) is 11.7 Å². The van der Waals surface area contributed by atoms with Gasteiger partial charge in [0.15, 0.2) is 0 Å². The number of aromatic amines is 2. The number of benzene rings is 1. The van der Waals surface area contributed by atoms with Gasteiger partial charge in [0.05, 0.1) is 31.1 Å². The lowest BCUT2D eigenvalue weighted by Gasteiger charge is -2.35. The van der Waals surface area contributed by atoms with Gasteiger partial charge in [-0.15, -0.1) is 0 Å². The van der Waals surface area contributed by atoms with Gasteiger partial charge < -0.3 is 25.3 Å². The maximum atomic E-state index is 12.0. The quantitative estimate of drug-likeness (QED) is 0.339. The highest BCUT2D eigenvalue weighted by atomic mass is 16.5. The third kappa shape index (κ3) is 4.03. The van der Waals surface area contributed by atoms with Crippen molar-refractivity contribution in [2.45, 2.75) is 13.0 Å². The second-order valence-corrected chi connectivity index (χ2v) is 7.83. The van der Waals surface area contributed by atoms with Crippen LogP contribution in [0.25, 0.3) is 16.8 Å². The number of hydrogen-bond acceptors (Lipinski definition) is 7. The van der Waals surface area contributed by atoms with Crippen LogP contribution in [0.3, 0.4) is 0 Å². The smallest absolute Gasteiger partial charge is 0.330 e. The summed E-state index contributed by atoms with van der Waals surface area (Å²) in [6, 6.07) is 11.7. The first-order chi connectivity index (χ1) is 16.1. The molecule has 0 unspecified atom stereocenters. The number of ether oxygens (including phenoxy) is 1. The molecule has 4 N–H and O–H groups in total. The van der Waals surface area contributed by atoms with Gasteiger partial charge in [0.25, 0.3) is 0 Å². The van der Waals surface area contributed by atoms with Crippen molar-refractivity contribution in [1.82, 2.24) is 24.7 Å². The summed E-state index contributed by atoms with van der Waals surface area (Å²) < 4.78 is 7.14. The topological polar surface area (TPSA) is 128 Å². The lowest BCUT2D eigenvalue weighted by molar-refractivity contribution is 0.0985. The summed E-state index contributed by atoms with van der Waals surface area (Å²) in [4.78, 5) is 21.7. The number of morpholine rings is 1. The third-order valence-electron chi connectivity index (χ3n) is 5.71. The standard InChI is InChI=1S/C23H24N8O2/c1-15-14-33-11-10-30(15)21-12-18(19(13-24)22(28-21)27-20-6-7-26-29-20)16-2-4-17(5-3-16)31-9-8-25-23(31)32/h2-9,12-13,15,24H,10-11,14H2,1H3,(H,25,32)(H2,26,27,28,29)/t15-/m1/s1.